The molecule has 1 aromatic carbocycles. The van der Waals surface area contributed by atoms with E-state index in [0.29, 0.717) is 55.4 Å². The van der Waals surface area contributed by atoms with Crippen LogP contribution in [0.25, 0.3) is 22.6 Å². The van der Waals surface area contributed by atoms with Gasteiger partial charge in [-0.05, 0) is 38.1 Å². The number of carbonyl (C=O) groups is 1. The molecule has 184 valence electrons. The summed E-state index contributed by atoms with van der Waals surface area (Å²) in [6.07, 6.45) is 1.84. The minimum atomic E-state index is -0.390. The first-order chi connectivity index (χ1) is 16.9. The Hall–Kier alpha value is -3.70. The Kier molecular flexibility index (Phi) is 6.03. The first-order valence-electron chi connectivity index (χ1n) is 11.7. The molecule has 0 amide bonds. The van der Waals surface area contributed by atoms with E-state index in [9.17, 15) is 14.4 Å². The lowest BCUT2D eigenvalue weighted by Crippen LogP contribution is -2.44. The van der Waals surface area contributed by atoms with E-state index >= 15 is 0 Å². The number of aryl methyl sites for hydroxylation is 2. The zero-order chi connectivity index (χ0) is 24.7. The molecule has 0 aliphatic carbocycles. The van der Waals surface area contributed by atoms with Crippen molar-refractivity contribution < 1.29 is 14.3 Å². The largest absolute Gasteiger partial charge is 0.462 e. The van der Waals surface area contributed by atoms with Gasteiger partial charge in [0.2, 0.25) is 5.78 Å². The first-order valence-corrected chi connectivity index (χ1v) is 11.7. The van der Waals surface area contributed by atoms with E-state index in [1.807, 2.05) is 17.7 Å². The number of imidazole rings is 2. The van der Waals surface area contributed by atoms with Gasteiger partial charge in [0.1, 0.15) is 0 Å². The second-order valence-electron chi connectivity index (χ2n) is 8.58. The number of esters is 1. The van der Waals surface area contributed by atoms with E-state index in [4.69, 9.17) is 9.47 Å². The second kappa shape index (κ2) is 9.16. The zero-order valence-corrected chi connectivity index (χ0v) is 20.1. The van der Waals surface area contributed by atoms with Gasteiger partial charge in [-0.3, -0.25) is 27.8 Å². The van der Waals surface area contributed by atoms with Gasteiger partial charge in [-0.25, -0.2) is 9.59 Å². The van der Waals surface area contributed by atoms with Gasteiger partial charge >= 0.3 is 11.7 Å². The summed E-state index contributed by atoms with van der Waals surface area (Å²) in [4.78, 5) is 45.4. The van der Waals surface area contributed by atoms with E-state index in [0.717, 1.165) is 24.5 Å². The molecule has 1 aliphatic rings. The van der Waals surface area contributed by atoms with Gasteiger partial charge in [-0.15, -0.1) is 0 Å². The highest BCUT2D eigenvalue weighted by Crippen LogP contribution is 2.21. The standard InChI is InChI=1S/C24H28N6O5/c1-4-35-22(32)17-5-7-18(8-6-17)30-16(2)15-29-19-20(25-23(29)30)26(3)24(33)28(21(19)31)10-9-27-11-13-34-14-12-27/h5-8,15H,4,9-14H2,1-3H3. The van der Waals surface area contributed by atoms with Crippen LogP contribution in [-0.4, -0.2) is 73.4 Å². The lowest BCUT2D eigenvalue weighted by Gasteiger charge is -2.26. The summed E-state index contributed by atoms with van der Waals surface area (Å²) in [5, 5.41) is 0. The molecule has 0 unspecified atom stereocenters. The van der Waals surface area contributed by atoms with Crippen molar-refractivity contribution in [1.29, 1.82) is 0 Å². The lowest BCUT2D eigenvalue weighted by atomic mass is 10.2. The number of rotatable bonds is 6. The van der Waals surface area contributed by atoms with Gasteiger partial charge < -0.3 is 9.47 Å². The van der Waals surface area contributed by atoms with Crippen molar-refractivity contribution in [2.45, 2.75) is 20.4 Å². The summed E-state index contributed by atoms with van der Waals surface area (Å²) < 4.78 is 16.8. The van der Waals surface area contributed by atoms with Crippen LogP contribution in [0.4, 0.5) is 0 Å². The molecule has 0 spiro atoms. The fraction of sp³-hybridized carbons (Fsp3) is 0.417. The smallest absolute Gasteiger partial charge is 0.338 e. The molecule has 1 saturated heterocycles. The number of hydrogen-bond acceptors (Lipinski definition) is 7. The molecule has 0 atom stereocenters. The number of nitrogens with zero attached hydrogens (tertiary/aromatic N) is 6. The molecule has 0 N–H and O–H groups in total. The molecule has 4 heterocycles. The molecule has 4 aromatic rings. The number of fused-ring (bicyclic) bond motifs is 3. The van der Waals surface area contributed by atoms with E-state index in [-0.39, 0.29) is 11.5 Å². The van der Waals surface area contributed by atoms with Crippen LogP contribution in [0.3, 0.4) is 0 Å². The maximum absolute atomic E-state index is 13.5. The summed E-state index contributed by atoms with van der Waals surface area (Å²) >= 11 is 0. The minimum absolute atomic E-state index is 0.295. The summed E-state index contributed by atoms with van der Waals surface area (Å²) in [6.45, 7) is 7.75. The summed E-state index contributed by atoms with van der Waals surface area (Å²) in [5.74, 6) is 0.131. The first kappa shape index (κ1) is 23.1. The predicted octanol–water partition coefficient (Wildman–Crippen LogP) is 0.956. The normalized spacial score (nSPS) is 14.7. The van der Waals surface area contributed by atoms with Crippen molar-refractivity contribution >= 4 is 22.9 Å². The molecule has 5 rings (SSSR count). The van der Waals surface area contributed by atoms with Crippen LogP contribution in [0, 0.1) is 6.92 Å². The molecule has 3 aromatic heterocycles. The van der Waals surface area contributed by atoms with Gasteiger partial charge in [0.15, 0.2) is 11.2 Å². The molecule has 11 nitrogen and oxygen atoms in total. The minimum Gasteiger partial charge on any atom is -0.462 e. The van der Waals surface area contributed by atoms with Gasteiger partial charge in [0.05, 0.1) is 25.4 Å². The molecule has 0 saturated carbocycles. The quantitative estimate of drug-likeness (QED) is 0.379. The Balaban J connectivity index is 1.58. The topological polar surface area (TPSA) is 105 Å². The Morgan fingerprint density at radius 2 is 1.83 bits per heavy atom. The molecule has 1 aliphatic heterocycles. The maximum atomic E-state index is 13.5. The van der Waals surface area contributed by atoms with Crippen LogP contribution in [0.1, 0.15) is 23.0 Å². The van der Waals surface area contributed by atoms with Crippen molar-refractivity contribution in [3.05, 3.63) is 62.6 Å². The summed E-state index contributed by atoms with van der Waals surface area (Å²) in [6, 6.07) is 7.00. The van der Waals surface area contributed by atoms with Crippen LogP contribution >= 0.6 is 0 Å². The van der Waals surface area contributed by atoms with Gasteiger partial charge in [-0.2, -0.15) is 4.98 Å². The second-order valence-corrected chi connectivity index (χ2v) is 8.58. The molecule has 0 radical (unpaired) electrons. The van der Waals surface area contributed by atoms with Crippen LogP contribution in [0.5, 0.6) is 0 Å². The van der Waals surface area contributed by atoms with E-state index < -0.39 is 5.69 Å². The number of carbonyl (C=O) groups excluding carboxylic acids is 1. The Morgan fingerprint density at radius 3 is 2.51 bits per heavy atom. The van der Waals surface area contributed by atoms with Crippen LogP contribution in [0.2, 0.25) is 0 Å². The van der Waals surface area contributed by atoms with E-state index in [1.165, 1.54) is 9.13 Å². The van der Waals surface area contributed by atoms with E-state index in [1.54, 1.807) is 42.6 Å². The fourth-order valence-electron chi connectivity index (χ4n) is 4.55. The highest BCUT2D eigenvalue weighted by Gasteiger charge is 2.21. The molecular weight excluding hydrogens is 452 g/mol. The van der Waals surface area contributed by atoms with Crippen molar-refractivity contribution in [1.82, 2.24) is 28.0 Å². The summed E-state index contributed by atoms with van der Waals surface area (Å²) in [7, 11) is 1.63. The monoisotopic (exact) mass is 480 g/mol. The number of ether oxygens (including phenoxy) is 2. The van der Waals surface area contributed by atoms with Crippen molar-refractivity contribution in [3.8, 4) is 5.69 Å². The van der Waals surface area contributed by atoms with Crippen LogP contribution in [0.15, 0.2) is 40.1 Å². The molecule has 1 fully saturated rings. The average molecular weight is 481 g/mol. The predicted molar refractivity (Wildman–Crippen MR) is 129 cm³/mol. The van der Waals surface area contributed by atoms with Crippen molar-refractivity contribution in [3.63, 3.8) is 0 Å². The number of aromatic nitrogens is 5. The molecule has 35 heavy (non-hydrogen) atoms. The van der Waals surface area contributed by atoms with Crippen LogP contribution in [-0.2, 0) is 23.1 Å². The van der Waals surface area contributed by atoms with Gasteiger partial charge in [-0.1, -0.05) is 0 Å². The highest BCUT2D eigenvalue weighted by molar-refractivity contribution is 5.89. The molecule has 0 bridgehead atoms. The average Bonchev–Trinajstić information content (AvgIpc) is 3.38. The number of hydrogen-bond donors (Lipinski definition) is 0. The van der Waals surface area contributed by atoms with Gasteiger partial charge in [0.25, 0.3) is 5.56 Å². The van der Waals surface area contributed by atoms with Crippen molar-refractivity contribution in [2.75, 3.05) is 39.5 Å². The third kappa shape index (κ3) is 3.96. The SMILES string of the molecule is CCOC(=O)c1ccc(-n2c(C)cn3c4c(=O)n(CCN5CCOCC5)c(=O)n(C)c4nc23)cc1. The number of morpholine rings is 1. The Morgan fingerprint density at radius 1 is 1.11 bits per heavy atom. The highest BCUT2D eigenvalue weighted by atomic mass is 16.5. The van der Waals surface area contributed by atoms with Crippen molar-refractivity contribution in [2.24, 2.45) is 7.05 Å². The molecule has 11 heteroatoms. The summed E-state index contributed by atoms with van der Waals surface area (Å²) in [5.41, 5.74) is 2.02. The molecular formula is C24H28N6O5. The zero-order valence-electron chi connectivity index (χ0n) is 20.1. The Labute approximate surface area is 200 Å². The van der Waals surface area contributed by atoms with Gasteiger partial charge in [0, 0.05) is 50.8 Å². The fourth-order valence-corrected chi connectivity index (χ4v) is 4.55. The lowest BCUT2D eigenvalue weighted by molar-refractivity contribution is 0.0361. The van der Waals surface area contributed by atoms with E-state index in [2.05, 4.69) is 9.88 Å². The third-order valence-corrected chi connectivity index (χ3v) is 6.41. The Bertz CT molecular complexity index is 1520. The maximum Gasteiger partial charge on any atom is 0.338 e. The third-order valence-electron chi connectivity index (χ3n) is 6.41. The number of benzene rings is 1. The van der Waals surface area contributed by atoms with Crippen LogP contribution < -0.4 is 11.2 Å².